The highest BCUT2D eigenvalue weighted by atomic mass is 35.5. The summed E-state index contributed by atoms with van der Waals surface area (Å²) < 4.78 is 14.5. The van der Waals surface area contributed by atoms with Gasteiger partial charge in [-0.25, -0.2) is 4.79 Å². The quantitative estimate of drug-likeness (QED) is 0.587. The van der Waals surface area contributed by atoms with Crippen molar-refractivity contribution in [2.24, 2.45) is 0 Å². The van der Waals surface area contributed by atoms with Crippen molar-refractivity contribution in [2.45, 2.75) is 44.3 Å². The van der Waals surface area contributed by atoms with Gasteiger partial charge >= 0.3 is 18.1 Å². The predicted molar refractivity (Wildman–Crippen MR) is 62.7 cm³/mol. The van der Waals surface area contributed by atoms with E-state index in [9.17, 15) is 14.4 Å². The zero-order valence-electron chi connectivity index (χ0n) is 10.2. The lowest BCUT2D eigenvalue weighted by atomic mass is 10.2. The zero-order chi connectivity index (χ0) is 14.3. The molecule has 1 fully saturated rings. The van der Waals surface area contributed by atoms with E-state index in [0.29, 0.717) is 12.8 Å². The Labute approximate surface area is 114 Å². The van der Waals surface area contributed by atoms with Crippen molar-refractivity contribution < 1.29 is 33.7 Å². The second kappa shape index (κ2) is 7.83. The van der Waals surface area contributed by atoms with E-state index in [1.165, 1.54) is 0 Å². The maximum atomic E-state index is 11.4. The maximum Gasteiger partial charge on any atom is 0.509 e. The molecule has 19 heavy (non-hydrogen) atoms. The van der Waals surface area contributed by atoms with Crippen LogP contribution in [-0.2, 0) is 23.8 Å². The van der Waals surface area contributed by atoms with E-state index >= 15 is 0 Å². The van der Waals surface area contributed by atoms with Crippen LogP contribution in [0.3, 0.4) is 0 Å². The monoisotopic (exact) mass is 294 g/mol. The van der Waals surface area contributed by atoms with Crippen molar-refractivity contribution in [3.05, 3.63) is 0 Å². The van der Waals surface area contributed by atoms with Gasteiger partial charge in [0.2, 0.25) is 0 Å². The van der Waals surface area contributed by atoms with E-state index < -0.39 is 30.3 Å². The first-order valence-electron chi connectivity index (χ1n) is 5.83. The zero-order valence-corrected chi connectivity index (χ0v) is 10.9. The van der Waals surface area contributed by atoms with Gasteiger partial charge in [0.1, 0.15) is 12.2 Å². The molecule has 1 rings (SSSR count). The van der Waals surface area contributed by atoms with Crippen molar-refractivity contribution >= 4 is 29.7 Å². The highest BCUT2D eigenvalue weighted by molar-refractivity contribution is 6.17. The molecular weight excluding hydrogens is 280 g/mol. The number of ether oxygens (including phenoxy) is 3. The summed E-state index contributed by atoms with van der Waals surface area (Å²) in [6.45, 7) is 0. The summed E-state index contributed by atoms with van der Waals surface area (Å²) in [4.78, 5) is 32.8. The predicted octanol–water partition coefficient (Wildman–Crippen LogP) is 1.67. The van der Waals surface area contributed by atoms with E-state index in [-0.39, 0.29) is 18.9 Å². The van der Waals surface area contributed by atoms with Crippen LogP contribution in [0.25, 0.3) is 0 Å². The number of hydrogen-bond donors (Lipinski definition) is 1. The van der Waals surface area contributed by atoms with E-state index in [1.54, 1.807) is 0 Å². The molecule has 0 aromatic carbocycles. The largest absolute Gasteiger partial charge is 0.509 e. The normalized spacial score (nSPS) is 21.7. The topological polar surface area (TPSA) is 99.1 Å². The molecule has 8 heteroatoms. The minimum Gasteiger partial charge on any atom is -0.481 e. The van der Waals surface area contributed by atoms with Crippen molar-refractivity contribution in [3.8, 4) is 0 Å². The smallest absolute Gasteiger partial charge is 0.481 e. The molecule has 0 bridgehead atoms. The Morgan fingerprint density at radius 2 is 1.74 bits per heavy atom. The third kappa shape index (κ3) is 5.78. The first-order valence-corrected chi connectivity index (χ1v) is 6.37. The molecule has 0 aliphatic heterocycles. The average Bonchev–Trinajstić information content (AvgIpc) is 2.74. The highest BCUT2D eigenvalue weighted by Gasteiger charge is 2.34. The molecule has 2 atom stereocenters. The summed E-state index contributed by atoms with van der Waals surface area (Å²) >= 11 is 5.21. The molecule has 1 saturated carbocycles. The fourth-order valence-electron chi connectivity index (χ4n) is 1.80. The van der Waals surface area contributed by atoms with Crippen LogP contribution in [0.2, 0.25) is 0 Å². The Bertz CT molecular complexity index is 344. The molecule has 1 N–H and O–H groups in total. The van der Waals surface area contributed by atoms with Crippen LogP contribution in [0.5, 0.6) is 0 Å². The van der Waals surface area contributed by atoms with Crippen molar-refractivity contribution in [2.75, 3.05) is 6.07 Å². The number of hydrogen-bond acceptors (Lipinski definition) is 6. The number of alkyl halides is 1. The lowest BCUT2D eigenvalue weighted by Crippen LogP contribution is -2.31. The number of aliphatic carboxylic acids is 1. The highest BCUT2D eigenvalue weighted by Crippen LogP contribution is 2.25. The van der Waals surface area contributed by atoms with E-state index in [2.05, 4.69) is 4.74 Å². The average molecular weight is 295 g/mol. The number of halogens is 1. The summed E-state index contributed by atoms with van der Waals surface area (Å²) in [6, 6.07) is -0.311. The molecule has 1 aliphatic carbocycles. The van der Waals surface area contributed by atoms with Gasteiger partial charge in [-0.2, -0.15) is 0 Å². The first-order chi connectivity index (χ1) is 9.02. The van der Waals surface area contributed by atoms with Crippen LogP contribution in [0.1, 0.15) is 32.1 Å². The van der Waals surface area contributed by atoms with Crippen molar-refractivity contribution in [1.82, 2.24) is 0 Å². The minimum atomic E-state index is -1.07. The first kappa shape index (κ1) is 15.6. The summed E-state index contributed by atoms with van der Waals surface area (Å²) in [6.07, 6.45) is -0.639. The molecular formula is C11H15ClO7. The molecule has 1 aliphatic rings. The number of carboxylic acids is 1. The summed E-state index contributed by atoms with van der Waals surface area (Å²) in [5.74, 6) is -1.68. The lowest BCUT2D eigenvalue weighted by molar-refractivity contribution is -0.156. The van der Waals surface area contributed by atoms with Crippen LogP contribution in [0.4, 0.5) is 4.79 Å². The number of esters is 1. The fourth-order valence-corrected chi connectivity index (χ4v) is 1.89. The fraction of sp³-hybridized carbons (Fsp3) is 0.727. The van der Waals surface area contributed by atoms with Gasteiger partial charge in [-0.05, 0) is 19.3 Å². The van der Waals surface area contributed by atoms with E-state index in [4.69, 9.17) is 26.2 Å². The van der Waals surface area contributed by atoms with Crippen molar-refractivity contribution in [3.63, 3.8) is 0 Å². The van der Waals surface area contributed by atoms with Gasteiger partial charge in [-0.1, -0.05) is 11.6 Å². The molecule has 2 unspecified atom stereocenters. The van der Waals surface area contributed by atoms with Gasteiger partial charge in [0.25, 0.3) is 0 Å². The van der Waals surface area contributed by atoms with Gasteiger partial charge in [0.05, 0.1) is 12.8 Å². The Morgan fingerprint density at radius 1 is 1.11 bits per heavy atom. The second-order valence-corrected chi connectivity index (χ2v) is 4.23. The molecule has 7 nitrogen and oxygen atoms in total. The minimum absolute atomic E-state index is 0.204. The van der Waals surface area contributed by atoms with Crippen LogP contribution in [0, 0.1) is 0 Å². The van der Waals surface area contributed by atoms with Crippen LogP contribution < -0.4 is 0 Å². The van der Waals surface area contributed by atoms with Crippen LogP contribution >= 0.6 is 11.6 Å². The van der Waals surface area contributed by atoms with E-state index in [1.807, 2.05) is 0 Å². The van der Waals surface area contributed by atoms with Gasteiger partial charge in [-0.15, -0.1) is 0 Å². The van der Waals surface area contributed by atoms with Crippen molar-refractivity contribution in [1.29, 1.82) is 0 Å². The molecule has 0 amide bonds. The third-order valence-electron chi connectivity index (χ3n) is 2.64. The molecule has 0 saturated heterocycles. The molecule has 108 valence electrons. The summed E-state index contributed by atoms with van der Waals surface area (Å²) in [5, 5.41) is 8.45. The Balaban J connectivity index is 2.37. The molecule has 0 radical (unpaired) electrons. The Kier molecular flexibility index (Phi) is 6.41. The van der Waals surface area contributed by atoms with Crippen LogP contribution in [0.15, 0.2) is 0 Å². The number of carboxylic acid groups (broad SMARTS) is 1. The van der Waals surface area contributed by atoms with Gasteiger partial charge in [-0.3, -0.25) is 9.59 Å². The number of carbonyl (C=O) groups excluding carboxylic acids is 2. The summed E-state index contributed by atoms with van der Waals surface area (Å²) in [5.41, 5.74) is 0. The lowest BCUT2D eigenvalue weighted by Gasteiger charge is -2.19. The number of rotatable bonds is 6. The summed E-state index contributed by atoms with van der Waals surface area (Å²) in [7, 11) is 0. The Morgan fingerprint density at radius 3 is 2.32 bits per heavy atom. The third-order valence-corrected chi connectivity index (χ3v) is 2.75. The van der Waals surface area contributed by atoms with Gasteiger partial charge in [0.15, 0.2) is 6.07 Å². The van der Waals surface area contributed by atoms with Gasteiger partial charge < -0.3 is 19.3 Å². The van der Waals surface area contributed by atoms with Crippen LogP contribution in [-0.4, -0.2) is 41.5 Å². The molecule has 0 spiro atoms. The Hall–Kier alpha value is -1.50. The second-order valence-electron chi connectivity index (χ2n) is 4.01. The molecule has 0 aromatic heterocycles. The SMILES string of the molecule is O=C(O)CCC(=O)OC1CCCC1OC(=O)OCCl. The molecule has 0 heterocycles. The van der Waals surface area contributed by atoms with Gasteiger partial charge in [0, 0.05) is 0 Å². The number of carbonyl (C=O) groups is 3. The maximum absolute atomic E-state index is 11.4. The molecule has 0 aromatic rings. The standard InChI is InChI=1S/C11H15ClO7/c12-6-17-11(16)19-8-3-1-2-7(8)18-10(15)5-4-9(13)14/h7-8H,1-6H2,(H,13,14). The van der Waals surface area contributed by atoms with E-state index in [0.717, 1.165) is 6.42 Å².